The number of aryl methyl sites for hydroxylation is 1. The lowest BCUT2D eigenvalue weighted by Crippen LogP contribution is -2.34. The summed E-state index contributed by atoms with van der Waals surface area (Å²) in [6.45, 7) is 9.96. The first-order valence-corrected chi connectivity index (χ1v) is 9.30. The van der Waals surface area contributed by atoms with E-state index >= 15 is 0 Å². The third-order valence-electron chi connectivity index (χ3n) is 4.66. The number of carbonyl (C=O) groups excluding carboxylic acids is 2. The van der Waals surface area contributed by atoms with Gasteiger partial charge in [0, 0.05) is 24.5 Å². The van der Waals surface area contributed by atoms with Gasteiger partial charge in [0.05, 0.1) is 23.9 Å². The smallest absolute Gasteiger partial charge is 0.411 e. The van der Waals surface area contributed by atoms with Crippen LogP contribution in [0.2, 0.25) is 0 Å². The van der Waals surface area contributed by atoms with Crippen LogP contribution in [0.3, 0.4) is 0 Å². The maximum Gasteiger partial charge on any atom is 0.411 e. The average Bonchev–Trinajstić information content (AvgIpc) is 2.66. The van der Waals surface area contributed by atoms with Crippen LogP contribution in [0.4, 0.5) is 16.2 Å². The number of ether oxygens (including phenoxy) is 1. The Kier molecular flexibility index (Phi) is 6.91. The summed E-state index contributed by atoms with van der Waals surface area (Å²) >= 11 is 6.19. The predicted octanol–water partition coefficient (Wildman–Crippen LogP) is 3.96. The fraction of sp³-hybridized carbons (Fsp3) is 0.400. The minimum atomic E-state index is -0.711. The Hall–Kier alpha value is -2.47. The lowest BCUT2D eigenvalue weighted by Gasteiger charge is -2.26. The summed E-state index contributed by atoms with van der Waals surface area (Å²) in [5.41, 5.74) is 3.98. The molecule has 1 aliphatic carbocycles. The van der Waals surface area contributed by atoms with E-state index in [9.17, 15) is 9.59 Å². The van der Waals surface area contributed by atoms with Crippen molar-refractivity contribution < 1.29 is 14.3 Å². The maximum absolute atomic E-state index is 12.3. The van der Waals surface area contributed by atoms with Crippen molar-refractivity contribution in [3.05, 3.63) is 46.1 Å². The molecule has 0 radical (unpaired) electrons. The number of hydrogen-bond acceptors (Lipinski definition) is 5. The van der Waals surface area contributed by atoms with Crippen LogP contribution in [0.5, 0.6) is 0 Å². The SMILES string of the molecule is CCN(CC)c1ccc(NC2C=C(NC(=O)OC)C(=O)C(Cl)=C2C)c(C)c1. The van der Waals surface area contributed by atoms with Crippen LogP contribution in [0, 0.1) is 6.92 Å². The van der Waals surface area contributed by atoms with Crippen molar-refractivity contribution in [1.29, 1.82) is 0 Å². The summed E-state index contributed by atoms with van der Waals surface area (Å²) < 4.78 is 4.57. The van der Waals surface area contributed by atoms with Crippen molar-refractivity contribution in [2.45, 2.75) is 33.7 Å². The molecule has 6 nitrogen and oxygen atoms in total. The first-order valence-electron chi connectivity index (χ1n) is 8.92. The van der Waals surface area contributed by atoms with Gasteiger partial charge in [0.2, 0.25) is 5.78 Å². The van der Waals surface area contributed by atoms with Gasteiger partial charge in [-0.25, -0.2) is 4.79 Å². The average molecular weight is 392 g/mol. The number of ketones is 1. The molecule has 0 saturated heterocycles. The molecule has 1 atom stereocenters. The van der Waals surface area contributed by atoms with Crippen LogP contribution in [-0.2, 0) is 9.53 Å². The number of nitrogens with zero attached hydrogens (tertiary/aromatic N) is 1. The van der Waals surface area contributed by atoms with Crippen molar-refractivity contribution in [3.8, 4) is 0 Å². The molecule has 146 valence electrons. The maximum atomic E-state index is 12.3. The van der Waals surface area contributed by atoms with Crippen LogP contribution in [-0.4, -0.2) is 38.1 Å². The molecule has 2 N–H and O–H groups in total. The number of halogens is 1. The van der Waals surface area contributed by atoms with E-state index in [4.69, 9.17) is 11.6 Å². The molecule has 2 rings (SSSR count). The van der Waals surface area contributed by atoms with Crippen LogP contribution in [0.25, 0.3) is 0 Å². The summed E-state index contributed by atoms with van der Waals surface area (Å²) in [5, 5.41) is 5.91. The molecule has 0 bridgehead atoms. The number of anilines is 2. The van der Waals surface area contributed by atoms with E-state index in [1.54, 1.807) is 13.0 Å². The number of rotatable bonds is 6. The molecule has 0 aliphatic heterocycles. The Morgan fingerprint density at radius 3 is 2.48 bits per heavy atom. The van der Waals surface area contributed by atoms with Crippen molar-refractivity contribution in [2.24, 2.45) is 0 Å². The summed E-state index contributed by atoms with van der Waals surface area (Å²) in [4.78, 5) is 26.0. The van der Waals surface area contributed by atoms with Crippen molar-refractivity contribution in [3.63, 3.8) is 0 Å². The number of allylic oxidation sites excluding steroid dienone is 1. The number of amides is 1. The lowest BCUT2D eigenvalue weighted by atomic mass is 9.97. The summed E-state index contributed by atoms with van der Waals surface area (Å²) in [6.07, 6.45) is 0.940. The molecule has 1 aliphatic rings. The van der Waals surface area contributed by atoms with E-state index < -0.39 is 11.9 Å². The number of benzene rings is 1. The predicted molar refractivity (Wildman–Crippen MR) is 109 cm³/mol. The quantitative estimate of drug-likeness (QED) is 0.768. The summed E-state index contributed by atoms with van der Waals surface area (Å²) in [5.74, 6) is -0.425. The summed E-state index contributed by atoms with van der Waals surface area (Å²) in [7, 11) is 1.24. The Bertz CT molecular complexity index is 798. The molecule has 1 amide bonds. The molecular weight excluding hydrogens is 366 g/mol. The highest BCUT2D eigenvalue weighted by Gasteiger charge is 2.28. The second-order valence-electron chi connectivity index (χ2n) is 6.32. The molecule has 1 aromatic carbocycles. The first kappa shape index (κ1) is 20.8. The molecule has 1 aromatic rings. The monoisotopic (exact) mass is 391 g/mol. The van der Waals surface area contributed by atoms with Gasteiger partial charge in [-0.1, -0.05) is 11.6 Å². The van der Waals surface area contributed by atoms with Crippen molar-refractivity contribution >= 4 is 34.9 Å². The second kappa shape index (κ2) is 8.95. The summed E-state index contributed by atoms with van der Waals surface area (Å²) in [6, 6.07) is 5.89. The van der Waals surface area contributed by atoms with Gasteiger partial charge in [-0.05, 0) is 63.1 Å². The number of alkyl carbamates (subject to hydrolysis) is 1. The zero-order valence-corrected chi connectivity index (χ0v) is 17.1. The van der Waals surface area contributed by atoms with E-state index in [-0.39, 0.29) is 16.8 Å². The van der Waals surface area contributed by atoms with E-state index in [0.29, 0.717) is 5.57 Å². The van der Waals surface area contributed by atoms with Crippen LogP contribution in [0.1, 0.15) is 26.3 Å². The van der Waals surface area contributed by atoms with Gasteiger partial charge in [0.15, 0.2) is 0 Å². The topological polar surface area (TPSA) is 70.7 Å². The van der Waals surface area contributed by atoms with E-state index in [2.05, 4.69) is 46.3 Å². The number of hydrogen-bond donors (Lipinski definition) is 2. The highest BCUT2D eigenvalue weighted by Crippen LogP contribution is 2.29. The van der Waals surface area contributed by atoms with Crippen LogP contribution in [0.15, 0.2) is 40.6 Å². The third-order valence-corrected chi connectivity index (χ3v) is 5.13. The normalized spacial score (nSPS) is 16.7. The number of Topliss-reactive ketones (excluding diaryl/α,β-unsaturated/α-hetero) is 1. The van der Waals surface area contributed by atoms with E-state index in [1.165, 1.54) is 7.11 Å². The molecule has 0 saturated carbocycles. The largest absolute Gasteiger partial charge is 0.453 e. The van der Waals surface area contributed by atoms with E-state index in [1.807, 2.05) is 13.0 Å². The zero-order chi connectivity index (χ0) is 20.1. The number of methoxy groups -OCH3 is 1. The standard InChI is InChI=1S/C20H26ClN3O3/c1-6-24(7-2)14-8-9-15(12(3)10-14)22-16-11-17(23-20(26)27-5)19(25)18(21)13(16)4/h8-11,16,22H,6-7H2,1-5H3,(H,23,26). The van der Waals surface area contributed by atoms with Gasteiger partial charge in [0.25, 0.3) is 0 Å². The number of carbonyl (C=O) groups is 2. The molecular formula is C20H26ClN3O3. The van der Waals surface area contributed by atoms with Gasteiger partial charge in [-0.15, -0.1) is 0 Å². The fourth-order valence-corrected chi connectivity index (χ4v) is 3.19. The zero-order valence-electron chi connectivity index (χ0n) is 16.4. The Balaban J connectivity index is 2.29. The molecule has 7 heteroatoms. The second-order valence-corrected chi connectivity index (χ2v) is 6.69. The first-order chi connectivity index (χ1) is 12.8. The van der Waals surface area contributed by atoms with Crippen molar-refractivity contribution in [2.75, 3.05) is 30.4 Å². The Labute approximate surface area is 165 Å². The highest BCUT2D eigenvalue weighted by atomic mass is 35.5. The van der Waals surface area contributed by atoms with Gasteiger partial charge in [-0.2, -0.15) is 0 Å². The minimum absolute atomic E-state index is 0.0961. The lowest BCUT2D eigenvalue weighted by molar-refractivity contribution is -0.112. The molecule has 1 unspecified atom stereocenters. The van der Waals surface area contributed by atoms with Crippen LogP contribution >= 0.6 is 11.6 Å². The van der Waals surface area contributed by atoms with Crippen LogP contribution < -0.4 is 15.5 Å². The fourth-order valence-electron chi connectivity index (χ4n) is 2.97. The molecule has 27 heavy (non-hydrogen) atoms. The minimum Gasteiger partial charge on any atom is -0.453 e. The van der Waals surface area contributed by atoms with Gasteiger partial charge >= 0.3 is 6.09 Å². The highest BCUT2D eigenvalue weighted by molar-refractivity contribution is 6.46. The van der Waals surface area contributed by atoms with Gasteiger partial charge < -0.3 is 15.0 Å². The van der Waals surface area contributed by atoms with E-state index in [0.717, 1.165) is 30.0 Å². The number of nitrogens with one attached hydrogen (secondary N) is 2. The van der Waals surface area contributed by atoms with Crippen molar-refractivity contribution in [1.82, 2.24) is 5.32 Å². The Morgan fingerprint density at radius 1 is 1.26 bits per heavy atom. The molecule has 0 heterocycles. The third kappa shape index (κ3) is 4.63. The Morgan fingerprint density at radius 2 is 1.93 bits per heavy atom. The van der Waals surface area contributed by atoms with Gasteiger partial charge in [-0.3, -0.25) is 10.1 Å². The molecule has 0 aromatic heterocycles. The molecule has 0 spiro atoms. The molecule has 0 fully saturated rings. The van der Waals surface area contributed by atoms with Gasteiger partial charge in [0.1, 0.15) is 0 Å².